The van der Waals surface area contributed by atoms with Crippen LogP contribution < -0.4 is 20.5 Å². The van der Waals surface area contributed by atoms with Gasteiger partial charge in [0.1, 0.15) is 0 Å². The average molecular weight is 280 g/mol. The number of carbonyl (C=O) groups excluding carboxylic acids is 1. The molecular weight excluding hydrogens is 256 g/mol. The van der Waals surface area contributed by atoms with Crippen LogP contribution >= 0.6 is 0 Å². The Morgan fingerprint density at radius 1 is 1.30 bits per heavy atom. The van der Waals surface area contributed by atoms with Crippen LogP contribution in [0.4, 0.5) is 0 Å². The molecule has 5 heteroatoms. The molecule has 0 aliphatic heterocycles. The van der Waals surface area contributed by atoms with E-state index in [1.807, 2.05) is 32.0 Å². The number of nitrogens with two attached hydrogens (primary N) is 1. The van der Waals surface area contributed by atoms with Crippen molar-refractivity contribution in [3.8, 4) is 11.5 Å². The molecule has 20 heavy (non-hydrogen) atoms. The van der Waals surface area contributed by atoms with Crippen LogP contribution in [0.25, 0.3) is 0 Å². The van der Waals surface area contributed by atoms with E-state index in [0.29, 0.717) is 17.9 Å². The van der Waals surface area contributed by atoms with E-state index >= 15 is 0 Å². The van der Waals surface area contributed by atoms with Crippen molar-refractivity contribution in [2.24, 2.45) is 5.73 Å². The lowest BCUT2D eigenvalue weighted by atomic mass is 10.1. The van der Waals surface area contributed by atoms with Crippen molar-refractivity contribution >= 4 is 5.91 Å². The van der Waals surface area contributed by atoms with Gasteiger partial charge >= 0.3 is 0 Å². The number of amides is 1. The third kappa shape index (κ3) is 4.42. The van der Waals surface area contributed by atoms with Crippen molar-refractivity contribution in [3.63, 3.8) is 0 Å². The Morgan fingerprint density at radius 3 is 2.50 bits per heavy atom. The van der Waals surface area contributed by atoms with Gasteiger partial charge in [0.2, 0.25) is 5.91 Å². The van der Waals surface area contributed by atoms with E-state index in [4.69, 9.17) is 15.2 Å². The largest absolute Gasteiger partial charge is 0.493 e. The van der Waals surface area contributed by atoms with Crippen LogP contribution in [0.3, 0.4) is 0 Å². The number of ether oxygens (including phenoxy) is 2. The molecule has 5 nitrogen and oxygen atoms in total. The summed E-state index contributed by atoms with van der Waals surface area (Å²) < 4.78 is 10.4. The van der Waals surface area contributed by atoms with Crippen molar-refractivity contribution in [1.29, 1.82) is 0 Å². The third-order valence-electron chi connectivity index (χ3n) is 3.26. The first-order chi connectivity index (χ1) is 9.51. The van der Waals surface area contributed by atoms with Crippen LogP contribution in [-0.2, 0) is 4.79 Å². The van der Waals surface area contributed by atoms with Gasteiger partial charge in [-0.25, -0.2) is 0 Å². The van der Waals surface area contributed by atoms with E-state index in [9.17, 15) is 4.79 Å². The first-order valence-electron chi connectivity index (χ1n) is 6.78. The molecule has 1 amide bonds. The molecule has 0 saturated carbocycles. The molecule has 0 fully saturated rings. The summed E-state index contributed by atoms with van der Waals surface area (Å²) in [5.41, 5.74) is 6.73. The van der Waals surface area contributed by atoms with Gasteiger partial charge in [0.05, 0.1) is 20.3 Å². The van der Waals surface area contributed by atoms with Crippen LogP contribution in [0, 0.1) is 0 Å². The van der Waals surface area contributed by atoms with Gasteiger partial charge < -0.3 is 20.5 Å². The SMILES string of the molecule is CCC(N)CC(=O)NC(C)c1ccc(OC)c(OC)c1. The minimum Gasteiger partial charge on any atom is -0.493 e. The van der Waals surface area contributed by atoms with Gasteiger partial charge in [0.25, 0.3) is 0 Å². The molecule has 2 atom stereocenters. The van der Waals surface area contributed by atoms with Crippen molar-refractivity contribution in [1.82, 2.24) is 5.32 Å². The fourth-order valence-electron chi connectivity index (χ4n) is 1.89. The molecule has 2 unspecified atom stereocenters. The van der Waals surface area contributed by atoms with Gasteiger partial charge in [0.15, 0.2) is 11.5 Å². The molecule has 1 aromatic rings. The Hall–Kier alpha value is -1.75. The number of carbonyl (C=O) groups is 1. The van der Waals surface area contributed by atoms with E-state index in [1.54, 1.807) is 14.2 Å². The molecule has 0 aromatic heterocycles. The molecule has 0 aliphatic rings. The highest BCUT2D eigenvalue weighted by atomic mass is 16.5. The van der Waals surface area contributed by atoms with Crippen molar-refractivity contribution < 1.29 is 14.3 Å². The Kier molecular flexibility index (Phi) is 6.31. The highest BCUT2D eigenvalue weighted by Gasteiger charge is 2.14. The third-order valence-corrected chi connectivity index (χ3v) is 3.26. The van der Waals surface area contributed by atoms with E-state index < -0.39 is 0 Å². The van der Waals surface area contributed by atoms with Crippen LogP contribution in [-0.4, -0.2) is 26.2 Å². The van der Waals surface area contributed by atoms with E-state index in [2.05, 4.69) is 5.32 Å². The maximum absolute atomic E-state index is 11.8. The topological polar surface area (TPSA) is 73.6 Å². The molecule has 1 aromatic carbocycles. The molecular formula is C15H24N2O3. The predicted octanol–water partition coefficient (Wildman–Crippen LogP) is 2.01. The van der Waals surface area contributed by atoms with Gasteiger partial charge in [-0.15, -0.1) is 0 Å². The lowest BCUT2D eigenvalue weighted by Crippen LogP contribution is -2.32. The van der Waals surface area contributed by atoms with Crippen LogP contribution in [0.1, 0.15) is 38.3 Å². The minimum absolute atomic E-state index is 0.0402. The second-order valence-electron chi connectivity index (χ2n) is 4.78. The summed E-state index contributed by atoms with van der Waals surface area (Å²) in [7, 11) is 3.18. The lowest BCUT2D eigenvalue weighted by molar-refractivity contribution is -0.122. The monoisotopic (exact) mass is 280 g/mol. The highest BCUT2D eigenvalue weighted by Crippen LogP contribution is 2.29. The summed E-state index contributed by atoms with van der Waals surface area (Å²) in [4.78, 5) is 11.8. The number of benzene rings is 1. The number of hydrogen-bond donors (Lipinski definition) is 2. The summed E-state index contributed by atoms with van der Waals surface area (Å²) in [6.07, 6.45) is 1.13. The summed E-state index contributed by atoms with van der Waals surface area (Å²) in [5.74, 6) is 1.28. The van der Waals surface area contributed by atoms with Crippen LogP contribution in [0.2, 0.25) is 0 Å². The fraction of sp³-hybridized carbons (Fsp3) is 0.533. The van der Waals surface area contributed by atoms with Gasteiger partial charge in [0, 0.05) is 12.5 Å². The Balaban J connectivity index is 2.72. The summed E-state index contributed by atoms with van der Waals surface area (Å²) >= 11 is 0. The fourth-order valence-corrected chi connectivity index (χ4v) is 1.89. The van der Waals surface area contributed by atoms with Crippen molar-refractivity contribution in [3.05, 3.63) is 23.8 Å². The second-order valence-corrected chi connectivity index (χ2v) is 4.78. The Labute approximate surface area is 120 Å². The van der Waals surface area contributed by atoms with Gasteiger partial charge in [-0.05, 0) is 31.0 Å². The predicted molar refractivity (Wildman–Crippen MR) is 79.0 cm³/mol. The molecule has 0 saturated heterocycles. The summed E-state index contributed by atoms with van der Waals surface area (Å²) in [6.45, 7) is 3.90. The molecule has 1 rings (SSSR count). The zero-order valence-electron chi connectivity index (χ0n) is 12.6. The van der Waals surface area contributed by atoms with E-state index in [1.165, 1.54) is 0 Å². The summed E-state index contributed by atoms with van der Waals surface area (Å²) in [5, 5.41) is 2.93. The number of nitrogens with one attached hydrogen (secondary N) is 1. The quantitative estimate of drug-likeness (QED) is 0.801. The standard InChI is InChI=1S/C15H24N2O3/c1-5-12(16)9-15(18)17-10(2)11-6-7-13(19-3)14(8-11)20-4/h6-8,10,12H,5,9,16H2,1-4H3,(H,17,18). The Morgan fingerprint density at radius 2 is 1.95 bits per heavy atom. The first-order valence-corrected chi connectivity index (χ1v) is 6.78. The molecule has 112 valence electrons. The molecule has 0 spiro atoms. The van der Waals surface area contributed by atoms with Crippen molar-refractivity contribution in [2.75, 3.05) is 14.2 Å². The van der Waals surface area contributed by atoms with Crippen molar-refractivity contribution in [2.45, 2.75) is 38.8 Å². The highest BCUT2D eigenvalue weighted by molar-refractivity contribution is 5.77. The number of rotatable bonds is 7. The second kappa shape index (κ2) is 7.75. The zero-order valence-corrected chi connectivity index (χ0v) is 12.6. The molecule has 3 N–H and O–H groups in total. The van der Waals surface area contributed by atoms with E-state index in [-0.39, 0.29) is 18.0 Å². The first kappa shape index (κ1) is 16.3. The molecule has 0 radical (unpaired) electrons. The van der Waals surface area contributed by atoms with Gasteiger partial charge in [-0.2, -0.15) is 0 Å². The van der Waals surface area contributed by atoms with Gasteiger partial charge in [-0.3, -0.25) is 4.79 Å². The zero-order chi connectivity index (χ0) is 15.1. The maximum Gasteiger partial charge on any atom is 0.222 e. The average Bonchev–Trinajstić information content (AvgIpc) is 2.45. The number of hydrogen-bond acceptors (Lipinski definition) is 4. The Bertz CT molecular complexity index is 449. The number of methoxy groups -OCH3 is 2. The maximum atomic E-state index is 11.8. The lowest BCUT2D eigenvalue weighted by Gasteiger charge is -2.17. The smallest absolute Gasteiger partial charge is 0.222 e. The van der Waals surface area contributed by atoms with Crippen LogP contribution in [0.5, 0.6) is 11.5 Å². The normalized spacial score (nSPS) is 13.4. The van der Waals surface area contributed by atoms with Crippen LogP contribution in [0.15, 0.2) is 18.2 Å². The van der Waals surface area contributed by atoms with E-state index in [0.717, 1.165) is 12.0 Å². The van der Waals surface area contributed by atoms with Gasteiger partial charge in [-0.1, -0.05) is 13.0 Å². The summed E-state index contributed by atoms with van der Waals surface area (Å²) in [6, 6.07) is 5.41. The minimum atomic E-state index is -0.105. The molecule has 0 bridgehead atoms. The molecule has 0 aliphatic carbocycles. The molecule has 0 heterocycles.